The van der Waals surface area contributed by atoms with Gasteiger partial charge in [0, 0.05) is 23.2 Å². The second kappa shape index (κ2) is 13.1. The van der Waals surface area contributed by atoms with E-state index < -0.39 is 34.8 Å². The normalized spacial score (nSPS) is 26.7. The Morgan fingerprint density at radius 1 is 0.583 bits per heavy atom. The first kappa shape index (κ1) is 32.5. The maximum absolute atomic E-state index is 15.0. The molecule has 4 saturated carbocycles. The minimum atomic E-state index is -1.78. The summed E-state index contributed by atoms with van der Waals surface area (Å²) < 4.78 is 70.5. The molecular formula is C38H40F4N2O4. The lowest BCUT2D eigenvalue weighted by atomic mass is 9.84. The topological polar surface area (TPSA) is 76.7 Å². The van der Waals surface area contributed by atoms with Crippen molar-refractivity contribution in [3.63, 3.8) is 0 Å². The molecule has 0 saturated heterocycles. The number of nitrogens with one attached hydrogen (secondary N) is 2. The maximum atomic E-state index is 15.0. The lowest BCUT2D eigenvalue weighted by Gasteiger charge is -2.28. The number of hydrogen-bond donors (Lipinski definition) is 2. The Balaban J connectivity index is 0.976. The van der Waals surface area contributed by atoms with Crippen molar-refractivity contribution in [2.75, 3.05) is 0 Å². The van der Waals surface area contributed by atoms with E-state index in [1.807, 2.05) is 13.8 Å². The Morgan fingerprint density at radius 2 is 0.938 bits per heavy atom. The van der Waals surface area contributed by atoms with Crippen molar-refractivity contribution in [1.29, 1.82) is 0 Å². The molecule has 4 aliphatic carbocycles. The van der Waals surface area contributed by atoms with Gasteiger partial charge in [0.25, 0.3) is 11.8 Å². The number of fused-ring (bicyclic) bond motifs is 4. The fourth-order valence-electron chi connectivity index (χ4n) is 8.96. The third-order valence-corrected chi connectivity index (χ3v) is 11.4. The first-order valence-electron chi connectivity index (χ1n) is 17.1. The van der Waals surface area contributed by atoms with Gasteiger partial charge in [0.2, 0.25) is 34.8 Å². The molecule has 0 aromatic heterocycles. The van der Waals surface area contributed by atoms with Crippen molar-refractivity contribution in [2.45, 2.75) is 77.3 Å². The highest BCUT2D eigenvalue weighted by Crippen LogP contribution is 2.50. The molecule has 3 aromatic carbocycles. The minimum absolute atomic E-state index is 0.0150. The zero-order valence-corrected chi connectivity index (χ0v) is 27.0. The van der Waals surface area contributed by atoms with E-state index >= 15 is 17.6 Å². The van der Waals surface area contributed by atoms with E-state index in [4.69, 9.17) is 9.47 Å². The number of hydrogen-bond acceptors (Lipinski definition) is 4. The molecule has 0 radical (unpaired) electrons. The van der Waals surface area contributed by atoms with Crippen LogP contribution in [0.25, 0.3) is 0 Å². The van der Waals surface area contributed by atoms with Crippen LogP contribution < -0.4 is 20.1 Å². The summed E-state index contributed by atoms with van der Waals surface area (Å²) in [6, 6.07) is 10.9. The van der Waals surface area contributed by atoms with Crippen LogP contribution in [0.5, 0.6) is 23.0 Å². The lowest BCUT2D eigenvalue weighted by molar-refractivity contribution is 0.0907. The van der Waals surface area contributed by atoms with Gasteiger partial charge >= 0.3 is 0 Å². The van der Waals surface area contributed by atoms with Crippen molar-refractivity contribution < 1.29 is 36.6 Å². The molecule has 10 heteroatoms. The van der Waals surface area contributed by atoms with E-state index in [2.05, 4.69) is 10.6 Å². The molecular weight excluding hydrogens is 624 g/mol. The van der Waals surface area contributed by atoms with Gasteiger partial charge in [-0.3, -0.25) is 9.59 Å². The SMILES string of the molecule is C[C@H](NC(=O)c1ccc(Oc2c(F)c(F)c(Oc3ccc(C(=O)N[C@H](C)[C@@H]4C[C@H]5CC[C@H]4C5)cc3)c(F)c2F)cc1)[C@H]1C[C@H]2CC[C@H]1C2. The monoisotopic (exact) mass is 664 g/mol. The van der Waals surface area contributed by atoms with Crippen molar-refractivity contribution in [1.82, 2.24) is 10.6 Å². The van der Waals surface area contributed by atoms with Gasteiger partial charge in [0.1, 0.15) is 11.5 Å². The van der Waals surface area contributed by atoms with Gasteiger partial charge < -0.3 is 20.1 Å². The summed E-state index contributed by atoms with van der Waals surface area (Å²) in [4.78, 5) is 25.7. The Labute approximate surface area is 277 Å². The summed E-state index contributed by atoms with van der Waals surface area (Å²) in [7, 11) is 0. The summed E-state index contributed by atoms with van der Waals surface area (Å²) in [6.07, 6.45) is 9.65. The average molecular weight is 665 g/mol. The molecule has 6 nitrogen and oxygen atoms in total. The summed E-state index contributed by atoms with van der Waals surface area (Å²) >= 11 is 0. The maximum Gasteiger partial charge on any atom is 0.251 e. The number of benzene rings is 3. The Morgan fingerprint density at radius 3 is 1.23 bits per heavy atom. The quantitative estimate of drug-likeness (QED) is 0.168. The molecule has 0 aliphatic heterocycles. The summed E-state index contributed by atoms with van der Waals surface area (Å²) in [6.45, 7) is 4.02. The Bertz CT molecular complexity index is 1540. The number of carbonyl (C=O) groups excluding carboxylic acids is 2. The highest BCUT2D eigenvalue weighted by molar-refractivity contribution is 5.95. The van der Waals surface area contributed by atoms with Crippen LogP contribution in [0.4, 0.5) is 17.6 Å². The van der Waals surface area contributed by atoms with Crippen LogP contribution in [0.15, 0.2) is 48.5 Å². The lowest BCUT2D eigenvalue weighted by Crippen LogP contribution is -2.40. The predicted molar refractivity (Wildman–Crippen MR) is 171 cm³/mol. The molecule has 4 bridgehead atoms. The standard InChI is InChI=1S/C38H40F4N2O4/c1-19(29-17-21-3-5-25(29)15-21)43-37(45)23-7-11-27(12-8-23)47-35-31(39)33(41)36(34(42)32(35)40)48-28-13-9-24(10-14-28)38(46)44-20(2)30-18-22-4-6-26(30)16-22/h7-14,19-22,25-26,29-30H,3-6,15-18H2,1-2H3,(H,43,45)(H,44,46)/t19-,20+,21-,22-,25-,26-,29+,30-/m0/s1. The molecule has 0 spiro atoms. The summed E-state index contributed by atoms with van der Waals surface area (Å²) in [5, 5.41) is 6.10. The Kier molecular flexibility index (Phi) is 8.85. The van der Waals surface area contributed by atoms with Crippen molar-refractivity contribution in [3.05, 3.63) is 82.9 Å². The average Bonchev–Trinajstić information content (AvgIpc) is 3.92. The van der Waals surface area contributed by atoms with Gasteiger partial charge in [0.15, 0.2) is 0 Å². The van der Waals surface area contributed by atoms with E-state index in [0.717, 1.165) is 24.7 Å². The zero-order valence-electron chi connectivity index (χ0n) is 27.0. The predicted octanol–water partition coefficient (Wildman–Crippen LogP) is 8.94. The van der Waals surface area contributed by atoms with Crippen LogP contribution in [0.3, 0.4) is 0 Å². The molecule has 254 valence electrons. The van der Waals surface area contributed by atoms with Gasteiger partial charge in [-0.2, -0.15) is 17.6 Å². The van der Waals surface area contributed by atoms with Crippen LogP contribution >= 0.6 is 0 Å². The molecule has 4 aliphatic rings. The van der Waals surface area contributed by atoms with Crippen molar-refractivity contribution in [3.8, 4) is 23.0 Å². The molecule has 8 atom stereocenters. The largest absolute Gasteiger partial charge is 0.451 e. The van der Waals surface area contributed by atoms with E-state index in [1.165, 1.54) is 87.1 Å². The van der Waals surface area contributed by atoms with Crippen LogP contribution in [0.1, 0.15) is 85.9 Å². The fourth-order valence-corrected chi connectivity index (χ4v) is 8.96. The van der Waals surface area contributed by atoms with E-state index in [-0.39, 0.29) is 35.4 Å². The van der Waals surface area contributed by atoms with E-state index in [0.29, 0.717) is 34.8 Å². The van der Waals surface area contributed by atoms with Crippen molar-refractivity contribution in [2.24, 2.45) is 35.5 Å². The number of ether oxygens (including phenoxy) is 2. The highest BCUT2D eigenvalue weighted by Gasteiger charge is 2.43. The fraction of sp³-hybridized carbons (Fsp3) is 0.474. The third kappa shape index (κ3) is 6.26. The number of carbonyl (C=O) groups is 2. The summed E-state index contributed by atoms with van der Waals surface area (Å²) in [5.74, 6) is -6.81. The van der Waals surface area contributed by atoms with Gasteiger partial charge in [-0.1, -0.05) is 12.8 Å². The molecule has 2 N–H and O–H groups in total. The number of amides is 2. The van der Waals surface area contributed by atoms with Crippen LogP contribution in [-0.2, 0) is 0 Å². The first-order chi connectivity index (χ1) is 23.0. The van der Waals surface area contributed by atoms with Crippen LogP contribution in [0, 0.1) is 58.8 Å². The van der Waals surface area contributed by atoms with E-state index in [9.17, 15) is 9.59 Å². The molecule has 0 unspecified atom stereocenters. The second-order valence-corrected chi connectivity index (χ2v) is 14.4. The van der Waals surface area contributed by atoms with Crippen LogP contribution in [0.2, 0.25) is 0 Å². The zero-order chi connectivity index (χ0) is 33.7. The Hall–Kier alpha value is -4.08. The second-order valence-electron chi connectivity index (χ2n) is 14.4. The molecule has 0 heterocycles. The number of halogens is 4. The molecule has 48 heavy (non-hydrogen) atoms. The highest BCUT2D eigenvalue weighted by atomic mass is 19.2. The van der Waals surface area contributed by atoms with Gasteiger partial charge in [-0.05, 0) is 136 Å². The van der Waals surface area contributed by atoms with Gasteiger partial charge in [0.05, 0.1) is 0 Å². The molecule has 3 aromatic rings. The smallest absolute Gasteiger partial charge is 0.251 e. The molecule has 2 amide bonds. The molecule has 7 rings (SSSR count). The minimum Gasteiger partial charge on any atom is -0.451 e. The van der Waals surface area contributed by atoms with Gasteiger partial charge in [-0.15, -0.1) is 0 Å². The molecule has 4 fully saturated rings. The van der Waals surface area contributed by atoms with Gasteiger partial charge in [-0.25, -0.2) is 0 Å². The van der Waals surface area contributed by atoms with Crippen molar-refractivity contribution >= 4 is 11.8 Å². The van der Waals surface area contributed by atoms with Crippen LogP contribution in [-0.4, -0.2) is 23.9 Å². The summed E-state index contributed by atoms with van der Waals surface area (Å²) in [5.41, 5.74) is 0.635. The van der Waals surface area contributed by atoms with E-state index in [1.54, 1.807) is 0 Å². The first-order valence-corrected chi connectivity index (χ1v) is 17.1. The third-order valence-electron chi connectivity index (χ3n) is 11.4. The number of rotatable bonds is 10.